The van der Waals surface area contributed by atoms with Crippen LogP contribution in [0.4, 0.5) is 5.95 Å². The maximum absolute atomic E-state index is 6.08. The molecule has 0 atom stereocenters. The molecule has 102 valence electrons. The number of rotatable bonds is 3. The first-order valence-electron chi connectivity index (χ1n) is 6.54. The average Bonchev–Trinajstić information content (AvgIpc) is 2.78. The van der Waals surface area contributed by atoms with Gasteiger partial charge >= 0.3 is 0 Å². The van der Waals surface area contributed by atoms with Crippen LogP contribution in [0.3, 0.4) is 0 Å². The highest BCUT2D eigenvalue weighted by Crippen LogP contribution is 2.29. The molecular formula is C15H16N4O. The molecule has 2 heterocycles. The van der Waals surface area contributed by atoms with Crippen molar-refractivity contribution in [3.8, 4) is 11.4 Å². The number of para-hydroxylation sites is 2. The normalized spacial score (nSPS) is 10.9. The van der Waals surface area contributed by atoms with E-state index in [0.717, 1.165) is 28.2 Å². The van der Waals surface area contributed by atoms with Gasteiger partial charge in [0.15, 0.2) is 5.65 Å². The maximum atomic E-state index is 6.08. The Bertz CT molecular complexity index is 764. The molecule has 0 aliphatic heterocycles. The van der Waals surface area contributed by atoms with Gasteiger partial charge in [-0.05, 0) is 37.6 Å². The Morgan fingerprint density at radius 3 is 2.85 bits per heavy atom. The van der Waals surface area contributed by atoms with E-state index in [-0.39, 0.29) is 0 Å². The smallest absolute Gasteiger partial charge is 0.207 e. The summed E-state index contributed by atoms with van der Waals surface area (Å²) in [7, 11) is 0. The summed E-state index contributed by atoms with van der Waals surface area (Å²) in [4.78, 5) is 8.82. The van der Waals surface area contributed by atoms with E-state index in [9.17, 15) is 0 Å². The molecule has 0 saturated heterocycles. The maximum Gasteiger partial charge on any atom is 0.207 e. The van der Waals surface area contributed by atoms with Crippen LogP contribution in [0.25, 0.3) is 16.9 Å². The van der Waals surface area contributed by atoms with Crippen molar-refractivity contribution in [3.05, 3.63) is 42.1 Å². The minimum atomic E-state index is 0.411. The van der Waals surface area contributed by atoms with Crippen LogP contribution in [0.2, 0.25) is 0 Å². The molecule has 0 saturated carbocycles. The first-order chi connectivity index (χ1) is 9.72. The summed E-state index contributed by atoms with van der Waals surface area (Å²) < 4.78 is 7.49. The molecule has 1 aromatic carbocycles. The second-order valence-corrected chi connectivity index (χ2v) is 4.51. The van der Waals surface area contributed by atoms with Crippen LogP contribution in [0.5, 0.6) is 5.75 Å². The van der Waals surface area contributed by atoms with Gasteiger partial charge < -0.3 is 10.5 Å². The molecule has 20 heavy (non-hydrogen) atoms. The molecule has 0 fully saturated rings. The molecule has 0 radical (unpaired) electrons. The highest BCUT2D eigenvalue weighted by atomic mass is 16.5. The molecule has 0 bridgehead atoms. The summed E-state index contributed by atoms with van der Waals surface area (Å²) in [6.45, 7) is 4.54. The number of aryl methyl sites for hydroxylation is 1. The fourth-order valence-corrected chi connectivity index (χ4v) is 2.27. The summed E-state index contributed by atoms with van der Waals surface area (Å²) in [6.07, 6.45) is 1.76. The predicted octanol–water partition coefficient (Wildman–Crippen LogP) is 2.71. The minimum Gasteiger partial charge on any atom is -0.492 e. The Labute approximate surface area is 117 Å². The van der Waals surface area contributed by atoms with Crippen LogP contribution < -0.4 is 10.5 Å². The van der Waals surface area contributed by atoms with Crippen LogP contribution in [-0.4, -0.2) is 21.1 Å². The number of fused-ring (bicyclic) bond motifs is 1. The Hall–Kier alpha value is -2.56. The molecule has 3 aromatic rings. The van der Waals surface area contributed by atoms with Gasteiger partial charge in [-0.25, -0.2) is 9.97 Å². The lowest BCUT2D eigenvalue weighted by atomic mass is 10.2. The fourth-order valence-electron chi connectivity index (χ4n) is 2.27. The molecule has 0 spiro atoms. The van der Waals surface area contributed by atoms with Crippen molar-refractivity contribution in [3.63, 3.8) is 0 Å². The molecule has 0 aliphatic carbocycles. The lowest BCUT2D eigenvalue weighted by Gasteiger charge is -2.12. The zero-order valence-electron chi connectivity index (χ0n) is 11.5. The van der Waals surface area contributed by atoms with E-state index >= 15 is 0 Å². The quantitative estimate of drug-likeness (QED) is 0.793. The summed E-state index contributed by atoms with van der Waals surface area (Å²) in [6, 6.07) is 9.67. The molecule has 2 N–H and O–H groups in total. The third-order valence-electron chi connectivity index (χ3n) is 3.18. The van der Waals surface area contributed by atoms with E-state index in [2.05, 4.69) is 9.97 Å². The number of pyridine rings is 1. The van der Waals surface area contributed by atoms with Gasteiger partial charge in [0, 0.05) is 6.20 Å². The van der Waals surface area contributed by atoms with Crippen molar-refractivity contribution in [2.75, 3.05) is 12.3 Å². The summed E-state index contributed by atoms with van der Waals surface area (Å²) in [5.74, 6) is 1.18. The second kappa shape index (κ2) is 4.85. The molecule has 5 nitrogen and oxygen atoms in total. The number of nitrogens with zero attached hydrogens (tertiary/aromatic N) is 3. The predicted molar refractivity (Wildman–Crippen MR) is 79.2 cm³/mol. The van der Waals surface area contributed by atoms with Crippen molar-refractivity contribution in [1.29, 1.82) is 0 Å². The van der Waals surface area contributed by atoms with Gasteiger partial charge in [0.25, 0.3) is 0 Å². The van der Waals surface area contributed by atoms with Crippen molar-refractivity contribution >= 4 is 17.1 Å². The molecule has 5 heteroatoms. The Morgan fingerprint density at radius 2 is 2.05 bits per heavy atom. The number of ether oxygens (including phenoxy) is 1. The number of benzene rings is 1. The molecule has 2 aromatic heterocycles. The van der Waals surface area contributed by atoms with Crippen molar-refractivity contribution < 1.29 is 4.74 Å². The van der Waals surface area contributed by atoms with E-state index in [1.807, 2.05) is 48.7 Å². The standard InChI is InChI=1S/C15H16N4O/c1-3-20-12-7-5-4-6-11(12)19-14-13(18-15(19)16)10(2)8-9-17-14/h4-9H,3H2,1-2H3,(H2,16,18). The number of nitrogen functional groups attached to an aromatic ring is 1. The average molecular weight is 268 g/mol. The lowest BCUT2D eigenvalue weighted by molar-refractivity contribution is 0.339. The van der Waals surface area contributed by atoms with Crippen LogP contribution >= 0.6 is 0 Å². The SMILES string of the molecule is CCOc1ccccc1-n1c(N)nc2c(C)ccnc21. The number of nitrogens with two attached hydrogens (primary N) is 1. The van der Waals surface area contributed by atoms with Crippen LogP contribution in [-0.2, 0) is 0 Å². The molecule has 0 unspecified atom stereocenters. The number of anilines is 1. The number of hydrogen-bond acceptors (Lipinski definition) is 4. The van der Waals surface area contributed by atoms with Gasteiger partial charge in [0.05, 0.1) is 12.3 Å². The zero-order valence-corrected chi connectivity index (χ0v) is 11.5. The number of aromatic nitrogens is 3. The monoisotopic (exact) mass is 268 g/mol. The highest BCUT2D eigenvalue weighted by molar-refractivity contribution is 5.80. The van der Waals surface area contributed by atoms with Crippen molar-refractivity contribution in [2.24, 2.45) is 0 Å². The minimum absolute atomic E-state index is 0.411. The van der Waals surface area contributed by atoms with E-state index in [1.165, 1.54) is 0 Å². The van der Waals surface area contributed by atoms with Crippen LogP contribution in [0.15, 0.2) is 36.5 Å². The summed E-state index contributed by atoms with van der Waals surface area (Å²) in [5, 5.41) is 0. The molecule has 0 amide bonds. The van der Waals surface area contributed by atoms with Crippen molar-refractivity contribution in [2.45, 2.75) is 13.8 Å². The van der Waals surface area contributed by atoms with Gasteiger partial charge in [-0.15, -0.1) is 0 Å². The van der Waals surface area contributed by atoms with Gasteiger partial charge in [0.2, 0.25) is 5.95 Å². The number of hydrogen-bond donors (Lipinski definition) is 1. The van der Waals surface area contributed by atoms with Gasteiger partial charge in [0.1, 0.15) is 11.3 Å². The Kier molecular flexibility index (Phi) is 3.02. The third kappa shape index (κ3) is 1.87. The molecular weight excluding hydrogens is 252 g/mol. The fraction of sp³-hybridized carbons (Fsp3) is 0.200. The van der Waals surface area contributed by atoms with Crippen molar-refractivity contribution in [1.82, 2.24) is 14.5 Å². The summed E-state index contributed by atoms with van der Waals surface area (Å²) >= 11 is 0. The Morgan fingerprint density at radius 1 is 1.25 bits per heavy atom. The highest BCUT2D eigenvalue weighted by Gasteiger charge is 2.15. The topological polar surface area (TPSA) is 66.0 Å². The van der Waals surface area contributed by atoms with Crippen LogP contribution in [0, 0.1) is 6.92 Å². The molecule has 0 aliphatic rings. The largest absolute Gasteiger partial charge is 0.492 e. The van der Waals surface area contributed by atoms with E-state index in [1.54, 1.807) is 6.20 Å². The molecule has 3 rings (SSSR count). The van der Waals surface area contributed by atoms with E-state index < -0.39 is 0 Å². The van der Waals surface area contributed by atoms with Gasteiger partial charge in [-0.3, -0.25) is 4.57 Å². The first-order valence-corrected chi connectivity index (χ1v) is 6.54. The van der Waals surface area contributed by atoms with Crippen LogP contribution in [0.1, 0.15) is 12.5 Å². The lowest BCUT2D eigenvalue weighted by Crippen LogP contribution is -2.04. The first kappa shape index (κ1) is 12.5. The summed E-state index contributed by atoms with van der Waals surface area (Å²) in [5.41, 5.74) is 9.54. The third-order valence-corrected chi connectivity index (χ3v) is 3.18. The Balaban J connectivity index is 2.30. The van der Waals surface area contributed by atoms with E-state index in [0.29, 0.717) is 12.6 Å². The van der Waals surface area contributed by atoms with Gasteiger partial charge in [-0.2, -0.15) is 0 Å². The number of imidazole rings is 1. The van der Waals surface area contributed by atoms with E-state index in [4.69, 9.17) is 10.5 Å². The van der Waals surface area contributed by atoms with Gasteiger partial charge in [-0.1, -0.05) is 12.1 Å². The zero-order chi connectivity index (χ0) is 14.1. The second-order valence-electron chi connectivity index (χ2n) is 4.51.